The standard InChI is InChI=1S/C13H23BrN2S2/c1-9(5-6-17-4)16(3)13(10(2)15)12-7-11(14)8-18-12/h7-10,13H,5-6,15H2,1-4H3. The first kappa shape index (κ1) is 16.5. The molecule has 3 atom stereocenters. The molecule has 1 heterocycles. The Hall–Kier alpha value is 0.450. The number of rotatable bonds is 7. The number of nitrogens with zero attached hydrogens (tertiary/aromatic N) is 1. The van der Waals surface area contributed by atoms with E-state index in [-0.39, 0.29) is 6.04 Å². The van der Waals surface area contributed by atoms with Gasteiger partial charge in [0, 0.05) is 26.8 Å². The van der Waals surface area contributed by atoms with Crippen molar-refractivity contribution in [2.45, 2.75) is 38.4 Å². The summed E-state index contributed by atoms with van der Waals surface area (Å²) in [7, 11) is 2.19. The molecule has 0 spiro atoms. The van der Waals surface area contributed by atoms with E-state index in [2.05, 4.69) is 59.4 Å². The third-order valence-electron chi connectivity index (χ3n) is 3.25. The Morgan fingerprint density at radius 2 is 2.17 bits per heavy atom. The van der Waals surface area contributed by atoms with Gasteiger partial charge in [0.25, 0.3) is 0 Å². The predicted molar refractivity (Wildman–Crippen MR) is 88.6 cm³/mol. The molecule has 2 N–H and O–H groups in total. The highest BCUT2D eigenvalue weighted by Gasteiger charge is 2.25. The topological polar surface area (TPSA) is 29.3 Å². The van der Waals surface area contributed by atoms with Crippen LogP contribution in [-0.4, -0.2) is 36.0 Å². The molecule has 0 aliphatic rings. The molecular weight excluding hydrogens is 328 g/mol. The second-order valence-electron chi connectivity index (χ2n) is 4.77. The van der Waals surface area contributed by atoms with E-state index in [1.54, 1.807) is 11.3 Å². The summed E-state index contributed by atoms with van der Waals surface area (Å²) in [6.45, 7) is 4.38. The Morgan fingerprint density at radius 1 is 1.50 bits per heavy atom. The van der Waals surface area contributed by atoms with Gasteiger partial charge in [0.05, 0.1) is 6.04 Å². The van der Waals surface area contributed by atoms with E-state index in [9.17, 15) is 0 Å². The molecule has 0 aromatic carbocycles. The van der Waals surface area contributed by atoms with Crippen LogP contribution in [0.1, 0.15) is 31.2 Å². The molecule has 2 nitrogen and oxygen atoms in total. The summed E-state index contributed by atoms with van der Waals surface area (Å²) < 4.78 is 1.15. The first-order valence-corrected chi connectivity index (χ1v) is 9.24. The smallest absolute Gasteiger partial charge is 0.0590 e. The van der Waals surface area contributed by atoms with Crippen LogP contribution in [0.4, 0.5) is 0 Å². The van der Waals surface area contributed by atoms with E-state index >= 15 is 0 Å². The fourth-order valence-corrected chi connectivity index (χ4v) is 4.37. The molecule has 104 valence electrons. The second kappa shape index (κ2) is 7.90. The lowest BCUT2D eigenvalue weighted by molar-refractivity contribution is 0.165. The van der Waals surface area contributed by atoms with E-state index < -0.39 is 0 Å². The van der Waals surface area contributed by atoms with E-state index in [1.165, 1.54) is 17.1 Å². The van der Waals surface area contributed by atoms with Crippen LogP contribution in [0, 0.1) is 0 Å². The minimum atomic E-state index is 0.136. The molecule has 0 radical (unpaired) electrons. The maximum Gasteiger partial charge on any atom is 0.0590 e. The fourth-order valence-electron chi connectivity index (χ4n) is 2.08. The molecule has 18 heavy (non-hydrogen) atoms. The molecule has 0 aliphatic heterocycles. The average Bonchev–Trinajstić information content (AvgIpc) is 2.72. The summed E-state index contributed by atoms with van der Waals surface area (Å²) in [5, 5.41) is 2.13. The van der Waals surface area contributed by atoms with Gasteiger partial charge in [-0.2, -0.15) is 11.8 Å². The quantitative estimate of drug-likeness (QED) is 0.806. The molecule has 0 amide bonds. The SMILES string of the molecule is CSCCC(C)N(C)C(c1cc(Br)cs1)C(C)N. The average molecular weight is 351 g/mol. The van der Waals surface area contributed by atoms with Crippen LogP contribution in [0.3, 0.4) is 0 Å². The van der Waals surface area contributed by atoms with Gasteiger partial charge in [-0.05, 0) is 61.3 Å². The van der Waals surface area contributed by atoms with Gasteiger partial charge in [-0.15, -0.1) is 11.3 Å². The second-order valence-corrected chi connectivity index (χ2v) is 7.61. The first-order valence-electron chi connectivity index (χ1n) is 6.17. The van der Waals surface area contributed by atoms with Crippen molar-refractivity contribution in [2.75, 3.05) is 19.1 Å². The highest BCUT2D eigenvalue weighted by Crippen LogP contribution is 2.32. The van der Waals surface area contributed by atoms with Crippen molar-refractivity contribution in [3.8, 4) is 0 Å². The molecule has 1 aromatic heterocycles. The van der Waals surface area contributed by atoms with Crippen molar-refractivity contribution >= 4 is 39.0 Å². The van der Waals surface area contributed by atoms with E-state index in [1.807, 2.05) is 11.8 Å². The largest absolute Gasteiger partial charge is 0.326 e. The summed E-state index contributed by atoms with van der Waals surface area (Å²) in [5.41, 5.74) is 6.19. The molecule has 0 fully saturated rings. The Bertz CT molecular complexity index is 355. The van der Waals surface area contributed by atoms with Crippen LogP contribution < -0.4 is 5.73 Å². The Labute approximate surface area is 127 Å². The summed E-state index contributed by atoms with van der Waals surface area (Å²) in [6.07, 6.45) is 3.36. The number of hydrogen-bond acceptors (Lipinski definition) is 4. The number of halogens is 1. The van der Waals surface area contributed by atoms with Crippen LogP contribution in [0.2, 0.25) is 0 Å². The zero-order valence-electron chi connectivity index (χ0n) is 11.5. The van der Waals surface area contributed by atoms with Crippen LogP contribution in [0.15, 0.2) is 15.9 Å². The Morgan fingerprint density at radius 3 is 2.61 bits per heavy atom. The molecule has 0 bridgehead atoms. The lowest BCUT2D eigenvalue weighted by Crippen LogP contribution is -2.41. The number of likely N-dealkylation sites (N-methyl/N-ethyl adjacent to an activating group) is 1. The molecule has 0 aliphatic carbocycles. The van der Waals surface area contributed by atoms with Crippen LogP contribution in [-0.2, 0) is 0 Å². The van der Waals surface area contributed by atoms with Crippen molar-refractivity contribution in [1.82, 2.24) is 4.90 Å². The summed E-state index contributed by atoms with van der Waals surface area (Å²) in [4.78, 5) is 3.76. The third kappa shape index (κ3) is 4.53. The van der Waals surface area contributed by atoms with Gasteiger partial charge >= 0.3 is 0 Å². The molecule has 3 unspecified atom stereocenters. The summed E-state index contributed by atoms with van der Waals surface area (Å²) >= 11 is 7.21. The van der Waals surface area contributed by atoms with Gasteiger partial charge in [0.15, 0.2) is 0 Å². The minimum absolute atomic E-state index is 0.136. The van der Waals surface area contributed by atoms with Gasteiger partial charge in [-0.25, -0.2) is 0 Å². The van der Waals surface area contributed by atoms with Gasteiger partial charge in [-0.1, -0.05) is 0 Å². The van der Waals surface area contributed by atoms with Gasteiger partial charge < -0.3 is 5.73 Å². The highest BCUT2D eigenvalue weighted by atomic mass is 79.9. The zero-order valence-corrected chi connectivity index (χ0v) is 14.7. The number of thiophene rings is 1. The van der Waals surface area contributed by atoms with Gasteiger partial charge in [0.2, 0.25) is 0 Å². The normalized spacial score (nSPS) is 16.8. The molecule has 1 rings (SSSR count). The zero-order chi connectivity index (χ0) is 13.7. The molecule has 1 aromatic rings. The number of thioether (sulfide) groups is 1. The maximum atomic E-state index is 6.19. The predicted octanol–water partition coefficient (Wildman–Crippen LogP) is 3.97. The van der Waals surface area contributed by atoms with Crippen LogP contribution in [0.25, 0.3) is 0 Å². The molecule has 0 saturated carbocycles. The molecular formula is C13H23BrN2S2. The fraction of sp³-hybridized carbons (Fsp3) is 0.692. The van der Waals surface area contributed by atoms with Crippen molar-refractivity contribution < 1.29 is 0 Å². The number of hydrogen-bond donors (Lipinski definition) is 1. The highest BCUT2D eigenvalue weighted by molar-refractivity contribution is 9.10. The monoisotopic (exact) mass is 350 g/mol. The van der Waals surface area contributed by atoms with E-state index in [4.69, 9.17) is 5.73 Å². The molecule has 5 heteroatoms. The lowest BCUT2D eigenvalue weighted by Gasteiger charge is -2.35. The van der Waals surface area contributed by atoms with Crippen LogP contribution >= 0.6 is 39.0 Å². The third-order valence-corrected chi connectivity index (χ3v) is 5.66. The maximum absolute atomic E-state index is 6.19. The van der Waals surface area contributed by atoms with Crippen molar-refractivity contribution in [2.24, 2.45) is 5.73 Å². The van der Waals surface area contributed by atoms with Gasteiger partial charge in [-0.3, -0.25) is 4.90 Å². The van der Waals surface area contributed by atoms with Crippen molar-refractivity contribution in [3.63, 3.8) is 0 Å². The molecule has 0 saturated heterocycles. The van der Waals surface area contributed by atoms with Crippen molar-refractivity contribution in [1.29, 1.82) is 0 Å². The van der Waals surface area contributed by atoms with Gasteiger partial charge in [0.1, 0.15) is 0 Å². The van der Waals surface area contributed by atoms with E-state index in [0.717, 1.165) is 4.47 Å². The first-order chi connectivity index (χ1) is 8.47. The Balaban J connectivity index is 2.78. The van der Waals surface area contributed by atoms with E-state index in [0.29, 0.717) is 12.1 Å². The van der Waals surface area contributed by atoms with Crippen LogP contribution in [0.5, 0.6) is 0 Å². The lowest BCUT2D eigenvalue weighted by atomic mass is 10.0. The minimum Gasteiger partial charge on any atom is -0.326 e. The number of nitrogens with two attached hydrogens (primary N) is 1. The summed E-state index contributed by atoms with van der Waals surface area (Å²) in [6, 6.07) is 3.18. The van der Waals surface area contributed by atoms with Crippen molar-refractivity contribution in [3.05, 3.63) is 20.8 Å². The summed E-state index contributed by atoms with van der Waals surface area (Å²) in [5.74, 6) is 1.20. The Kier molecular flexibility index (Phi) is 7.24.